The molecular formula is C12H9F3N2O2. The normalized spacial score (nSPS) is 11.4. The van der Waals surface area contributed by atoms with Gasteiger partial charge in [0.1, 0.15) is 11.4 Å². The van der Waals surface area contributed by atoms with Crippen LogP contribution in [0.15, 0.2) is 36.5 Å². The summed E-state index contributed by atoms with van der Waals surface area (Å²) < 4.78 is 41.9. The van der Waals surface area contributed by atoms with Crippen molar-refractivity contribution >= 4 is 5.78 Å². The molecule has 0 saturated heterocycles. The Labute approximate surface area is 106 Å². The van der Waals surface area contributed by atoms with Gasteiger partial charge in [-0.25, -0.2) is 0 Å². The average molecular weight is 270 g/mol. The predicted molar refractivity (Wildman–Crippen MR) is 59.8 cm³/mol. The number of aryl methyl sites for hydroxylation is 1. The summed E-state index contributed by atoms with van der Waals surface area (Å²) in [6.07, 6.45) is -3.46. The minimum Gasteiger partial charge on any atom is -0.405 e. The number of hydrogen-bond donors (Lipinski definition) is 0. The van der Waals surface area contributed by atoms with Crippen molar-refractivity contribution in [3.63, 3.8) is 0 Å². The van der Waals surface area contributed by atoms with E-state index in [0.717, 1.165) is 6.07 Å². The highest BCUT2D eigenvalue weighted by Gasteiger charge is 2.33. The van der Waals surface area contributed by atoms with Crippen molar-refractivity contribution in [2.24, 2.45) is 7.05 Å². The first kappa shape index (κ1) is 13.1. The van der Waals surface area contributed by atoms with Crippen LogP contribution in [0, 0.1) is 0 Å². The lowest BCUT2D eigenvalue weighted by Gasteiger charge is -2.12. The maximum absolute atomic E-state index is 12.3. The molecule has 0 radical (unpaired) electrons. The average Bonchev–Trinajstić information content (AvgIpc) is 2.73. The number of carbonyl (C=O) groups is 1. The molecule has 0 amide bonds. The lowest BCUT2D eigenvalue weighted by Crippen LogP contribution is -2.19. The zero-order valence-electron chi connectivity index (χ0n) is 9.81. The van der Waals surface area contributed by atoms with E-state index in [1.807, 2.05) is 0 Å². The van der Waals surface area contributed by atoms with Crippen LogP contribution in [-0.2, 0) is 7.05 Å². The van der Waals surface area contributed by atoms with Crippen LogP contribution in [0.5, 0.6) is 5.75 Å². The molecule has 0 spiro atoms. The molecule has 1 heterocycles. The number of para-hydroxylation sites is 1. The second-order valence-electron chi connectivity index (χ2n) is 3.71. The maximum atomic E-state index is 12.3. The Bertz CT molecular complexity index is 605. The van der Waals surface area contributed by atoms with Crippen LogP contribution in [0.3, 0.4) is 0 Å². The summed E-state index contributed by atoms with van der Waals surface area (Å²) in [4.78, 5) is 12.1. The van der Waals surface area contributed by atoms with E-state index < -0.39 is 17.9 Å². The van der Waals surface area contributed by atoms with Crippen LogP contribution >= 0.6 is 0 Å². The summed E-state index contributed by atoms with van der Waals surface area (Å²) in [7, 11) is 1.53. The molecular weight excluding hydrogens is 261 g/mol. The molecule has 7 heteroatoms. The highest BCUT2D eigenvalue weighted by atomic mass is 19.4. The second-order valence-corrected chi connectivity index (χ2v) is 3.71. The highest BCUT2D eigenvalue weighted by molar-refractivity contribution is 6.09. The Morgan fingerprint density at radius 2 is 1.95 bits per heavy atom. The minimum absolute atomic E-state index is 0.163. The van der Waals surface area contributed by atoms with E-state index in [1.54, 1.807) is 0 Å². The SMILES string of the molecule is Cn1nccc1C(=O)c1ccccc1OC(F)(F)F. The number of halogens is 3. The summed E-state index contributed by atoms with van der Waals surface area (Å²) in [5, 5.41) is 3.80. The number of hydrogen-bond acceptors (Lipinski definition) is 3. The van der Waals surface area contributed by atoms with Crippen LogP contribution in [0.25, 0.3) is 0 Å². The molecule has 0 saturated carbocycles. The van der Waals surface area contributed by atoms with Gasteiger partial charge in [-0.2, -0.15) is 5.10 Å². The van der Waals surface area contributed by atoms with Crippen molar-refractivity contribution in [2.75, 3.05) is 0 Å². The first-order valence-corrected chi connectivity index (χ1v) is 5.26. The largest absolute Gasteiger partial charge is 0.573 e. The first-order valence-electron chi connectivity index (χ1n) is 5.26. The number of aromatic nitrogens is 2. The second kappa shape index (κ2) is 4.75. The van der Waals surface area contributed by atoms with Gasteiger partial charge in [0.2, 0.25) is 5.78 Å². The highest BCUT2D eigenvalue weighted by Crippen LogP contribution is 2.27. The Kier molecular flexibility index (Phi) is 3.28. The van der Waals surface area contributed by atoms with Gasteiger partial charge in [0.25, 0.3) is 0 Å². The van der Waals surface area contributed by atoms with Crippen molar-refractivity contribution < 1.29 is 22.7 Å². The van der Waals surface area contributed by atoms with Crippen LogP contribution in [-0.4, -0.2) is 21.9 Å². The van der Waals surface area contributed by atoms with Gasteiger partial charge in [-0.3, -0.25) is 9.48 Å². The third kappa shape index (κ3) is 2.93. The van der Waals surface area contributed by atoms with Gasteiger partial charge in [0.15, 0.2) is 0 Å². The standard InChI is InChI=1S/C12H9F3N2O2/c1-17-9(6-7-16-17)11(18)8-4-2-3-5-10(8)19-12(13,14)15/h2-7H,1H3. The van der Waals surface area contributed by atoms with Crippen LogP contribution in [0.4, 0.5) is 13.2 Å². The Morgan fingerprint density at radius 3 is 2.53 bits per heavy atom. The molecule has 2 aromatic rings. The summed E-state index contributed by atoms with van der Waals surface area (Å²) in [6, 6.07) is 6.62. The van der Waals surface area contributed by atoms with E-state index in [4.69, 9.17) is 0 Å². The van der Waals surface area contributed by atoms with E-state index >= 15 is 0 Å². The van der Waals surface area contributed by atoms with Crippen molar-refractivity contribution in [3.05, 3.63) is 47.8 Å². The first-order chi connectivity index (χ1) is 8.88. The molecule has 19 heavy (non-hydrogen) atoms. The number of rotatable bonds is 3. The fourth-order valence-corrected chi connectivity index (χ4v) is 1.60. The molecule has 0 N–H and O–H groups in total. The van der Waals surface area contributed by atoms with Gasteiger partial charge in [-0.05, 0) is 18.2 Å². The smallest absolute Gasteiger partial charge is 0.405 e. The van der Waals surface area contributed by atoms with E-state index in [2.05, 4.69) is 9.84 Å². The van der Waals surface area contributed by atoms with Gasteiger partial charge >= 0.3 is 6.36 Å². The predicted octanol–water partition coefficient (Wildman–Crippen LogP) is 2.55. The molecule has 0 aliphatic carbocycles. The van der Waals surface area contributed by atoms with Crippen LogP contribution < -0.4 is 4.74 Å². The van der Waals surface area contributed by atoms with Crippen LogP contribution in [0.1, 0.15) is 16.1 Å². The number of nitrogens with zero attached hydrogens (tertiary/aromatic N) is 2. The summed E-state index contributed by atoms with van der Waals surface area (Å²) >= 11 is 0. The fourth-order valence-electron chi connectivity index (χ4n) is 1.60. The van der Waals surface area contributed by atoms with Gasteiger partial charge < -0.3 is 4.74 Å². The number of alkyl halides is 3. The molecule has 0 bridgehead atoms. The lowest BCUT2D eigenvalue weighted by atomic mass is 10.1. The molecule has 1 aromatic carbocycles. The quantitative estimate of drug-likeness (QED) is 0.805. The molecule has 0 fully saturated rings. The van der Waals surface area contributed by atoms with Crippen molar-refractivity contribution in [3.8, 4) is 5.75 Å². The number of carbonyl (C=O) groups excluding carboxylic acids is 1. The molecule has 0 aliphatic rings. The van der Waals surface area contributed by atoms with Gasteiger partial charge in [-0.1, -0.05) is 12.1 Å². The molecule has 0 atom stereocenters. The topological polar surface area (TPSA) is 44.1 Å². The number of benzene rings is 1. The van der Waals surface area contributed by atoms with Crippen molar-refractivity contribution in [1.29, 1.82) is 0 Å². The number of ketones is 1. The summed E-state index contributed by atoms with van der Waals surface area (Å²) in [5.74, 6) is -1.11. The monoisotopic (exact) mass is 270 g/mol. The van der Waals surface area contributed by atoms with E-state index in [-0.39, 0.29) is 11.3 Å². The minimum atomic E-state index is -4.84. The van der Waals surface area contributed by atoms with Crippen LogP contribution in [0.2, 0.25) is 0 Å². The maximum Gasteiger partial charge on any atom is 0.573 e. The molecule has 1 aromatic heterocycles. The van der Waals surface area contributed by atoms with E-state index in [1.165, 1.54) is 42.2 Å². The third-order valence-electron chi connectivity index (χ3n) is 2.41. The lowest BCUT2D eigenvalue weighted by molar-refractivity contribution is -0.274. The molecule has 0 aliphatic heterocycles. The van der Waals surface area contributed by atoms with Gasteiger partial charge in [0.05, 0.1) is 5.56 Å². The zero-order valence-corrected chi connectivity index (χ0v) is 9.81. The Morgan fingerprint density at radius 1 is 1.26 bits per heavy atom. The molecule has 4 nitrogen and oxygen atoms in total. The summed E-state index contributed by atoms with van der Waals surface area (Å²) in [5.41, 5.74) is 0.0154. The fraction of sp³-hybridized carbons (Fsp3) is 0.167. The third-order valence-corrected chi connectivity index (χ3v) is 2.41. The van der Waals surface area contributed by atoms with Gasteiger partial charge in [-0.15, -0.1) is 13.2 Å². The Balaban J connectivity index is 2.40. The van der Waals surface area contributed by atoms with E-state index in [9.17, 15) is 18.0 Å². The Hall–Kier alpha value is -2.31. The molecule has 100 valence electrons. The van der Waals surface area contributed by atoms with Gasteiger partial charge in [0, 0.05) is 13.2 Å². The zero-order chi connectivity index (χ0) is 14.0. The summed E-state index contributed by atoms with van der Waals surface area (Å²) in [6.45, 7) is 0. The van der Waals surface area contributed by atoms with E-state index in [0.29, 0.717) is 0 Å². The molecule has 2 rings (SSSR count). The van der Waals surface area contributed by atoms with Crippen molar-refractivity contribution in [1.82, 2.24) is 9.78 Å². The van der Waals surface area contributed by atoms with Crippen molar-refractivity contribution in [2.45, 2.75) is 6.36 Å². The number of ether oxygens (including phenoxy) is 1. The molecule has 0 unspecified atom stereocenters.